The summed E-state index contributed by atoms with van der Waals surface area (Å²) in [4.78, 5) is 24.4. The van der Waals surface area contributed by atoms with Gasteiger partial charge < -0.3 is 14.8 Å². The van der Waals surface area contributed by atoms with E-state index in [-0.39, 0.29) is 16.1 Å². The predicted octanol–water partition coefficient (Wildman–Crippen LogP) is 3.52. The number of benzene rings is 3. The quantitative estimate of drug-likeness (QED) is 0.523. The lowest BCUT2D eigenvalue weighted by Crippen LogP contribution is -2.23. The number of carbonyl (C=O) groups excluding carboxylic acids is 2. The Labute approximate surface area is 186 Å². The number of anilines is 1. The van der Waals surface area contributed by atoms with Crippen molar-refractivity contribution in [2.45, 2.75) is 4.90 Å². The molecular formula is C23H22N2O6S. The van der Waals surface area contributed by atoms with Crippen molar-refractivity contribution in [2.24, 2.45) is 0 Å². The van der Waals surface area contributed by atoms with E-state index in [1.54, 1.807) is 18.2 Å². The maximum absolute atomic E-state index is 12.2. The van der Waals surface area contributed by atoms with Crippen molar-refractivity contribution < 1.29 is 27.5 Å². The highest BCUT2D eigenvalue weighted by Gasteiger charge is 2.18. The Morgan fingerprint density at radius 3 is 2.19 bits per heavy atom. The summed E-state index contributed by atoms with van der Waals surface area (Å²) in [6.07, 6.45) is 0. The van der Waals surface area contributed by atoms with E-state index in [1.165, 1.54) is 44.4 Å². The second-order valence-corrected chi connectivity index (χ2v) is 9.03. The molecule has 0 unspecified atom stereocenters. The number of amides is 1. The van der Waals surface area contributed by atoms with Crippen LogP contribution in [-0.2, 0) is 19.6 Å². The van der Waals surface area contributed by atoms with Gasteiger partial charge in [-0.15, -0.1) is 0 Å². The molecule has 3 aromatic rings. The molecule has 1 amide bonds. The van der Waals surface area contributed by atoms with Crippen LogP contribution in [0.15, 0.2) is 83.8 Å². The number of ether oxygens (including phenoxy) is 2. The molecule has 0 fully saturated rings. The van der Waals surface area contributed by atoms with Crippen molar-refractivity contribution in [3.8, 4) is 11.5 Å². The Kier molecular flexibility index (Phi) is 7.24. The highest BCUT2D eigenvalue weighted by molar-refractivity contribution is 7.89. The van der Waals surface area contributed by atoms with Gasteiger partial charge in [0.15, 0.2) is 6.61 Å². The fourth-order valence-electron chi connectivity index (χ4n) is 2.64. The lowest BCUT2D eigenvalue weighted by molar-refractivity contribution is -0.119. The van der Waals surface area contributed by atoms with E-state index in [9.17, 15) is 18.0 Å². The first-order valence-electron chi connectivity index (χ1n) is 9.58. The first kappa shape index (κ1) is 23.0. The molecule has 0 atom stereocenters. The van der Waals surface area contributed by atoms with Crippen LogP contribution in [0.25, 0.3) is 0 Å². The predicted molar refractivity (Wildman–Crippen MR) is 119 cm³/mol. The van der Waals surface area contributed by atoms with Crippen molar-refractivity contribution in [2.75, 3.05) is 26.0 Å². The maximum atomic E-state index is 12.2. The molecule has 9 heteroatoms. The average Bonchev–Trinajstić information content (AvgIpc) is 2.79. The summed E-state index contributed by atoms with van der Waals surface area (Å²) in [5.74, 6) is -0.0443. The fourth-order valence-corrected chi connectivity index (χ4v) is 3.59. The second-order valence-electron chi connectivity index (χ2n) is 6.88. The largest absolute Gasteiger partial charge is 0.457 e. The Balaban J connectivity index is 1.54. The Morgan fingerprint density at radius 1 is 0.875 bits per heavy atom. The summed E-state index contributed by atoms with van der Waals surface area (Å²) < 4.78 is 36.2. The van der Waals surface area contributed by atoms with Crippen LogP contribution >= 0.6 is 0 Å². The lowest BCUT2D eigenvalue weighted by Gasteiger charge is -2.12. The zero-order valence-electron chi connectivity index (χ0n) is 17.5. The minimum absolute atomic E-state index is 0.0371. The molecule has 0 spiro atoms. The second kappa shape index (κ2) is 10.1. The van der Waals surface area contributed by atoms with Crippen LogP contribution in [0.5, 0.6) is 11.5 Å². The van der Waals surface area contributed by atoms with Crippen LogP contribution in [0.3, 0.4) is 0 Å². The smallest absolute Gasteiger partial charge is 0.338 e. The molecule has 166 valence electrons. The maximum Gasteiger partial charge on any atom is 0.338 e. The van der Waals surface area contributed by atoms with E-state index in [2.05, 4.69) is 5.32 Å². The molecule has 0 saturated carbocycles. The van der Waals surface area contributed by atoms with Crippen LogP contribution in [-0.4, -0.2) is 45.3 Å². The number of esters is 1. The molecule has 0 radical (unpaired) electrons. The van der Waals surface area contributed by atoms with Gasteiger partial charge in [-0.05, 0) is 54.6 Å². The van der Waals surface area contributed by atoms with Crippen LogP contribution in [0.2, 0.25) is 0 Å². The number of sulfonamides is 1. The molecule has 0 bridgehead atoms. The lowest BCUT2D eigenvalue weighted by atomic mass is 10.2. The topological polar surface area (TPSA) is 102 Å². The number of hydrogen-bond donors (Lipinski definition) is 1. The van der Waals surface area contributed by atoms with Gasteiger partial charge in [-0.25, -0.2) is 17.5 Å². The van der Waals surface area contributed by atoms with Crippen molar-refractivity contribution in [1.82, 2.24) is 4.31 Å². The average molecular weight is 455 g/mol. The summed E-state index contributed by atoms with van der Waals surface area (Å²) in [5.41, 5.74) is 0.536. The van der Waals surface area contributed by atoms with Crippen molar-refractivity contribution in [3.05, 3.63) is 84.4 Å². The van der Waals surface area contributed by atoms with Crippen molar-refractivity contribution in [1.29, 1.82) is 0 Å². The third kappa shape index (κ3) is 5.93. The van der Waals surface area contributed by atoms with Gasteiger partial charge in [0.25, 0.3) is 5.91 Å². The third-order valence-electron chi connectivity index (χ3n) is 4.30. The Bertz CT molecular complexity index is 1190. The summed E-state index contributed by atoms with van der Waals surface area (Å²) in [5, 5.41) is 2.52. The standard InChI is InChI=1S/C23H22N2O6S/c1-25(2)32(28,29)21-10-6-7-18(15-21)24-22(26)16-30-23(27)17-11-13-20(14-12-17)31-19-8-4-3-5-9-19/h3-15H,16H2,1-2H3,(H,24,26). The summed E-state index contributed by atoms with van der Waals surface area (Å²) in [6.45, 7) is -0.522. The van der Waals surface area contributed by atoms with E-state index >= 15 is 0 Å². The molecule has 0 aromatic heterocycles. The van der Waals surface area contributed by atoms with E-state index in [0.717, 1.165) is 4.31 Å². The van der Waals surface area contributed by atoms with Gasteiger partial charge in [0, 0.05) is 19.8 Å². The molecule has 0 aliphatic carbocycles. The van der Waals surface area contributed by atoms with Crippen LogP contribution in [0.4, 0.5) is 5.69 Å². The van der Waals surface area contributed by atoms with E-state index < -0.39 is 28.5 Å². The van der Waals surface area contributed by atoms with Crippen LogP contribution in [0, 0.1) is 0 Å². The Morgan fingerprint density at radius 2 is 1.53 bits per heavy atom. The molecule has 0 aliphatic rings. The van der Waals surface area contributed by atoms with Gasteiger partial charge in [-0.1, -0.05) is 24.3 Å². The molecule has 0 aliphatic heterocycles. The minimum Gasteiger partial charge on any atom is -0.457 e. The molecule has 3 rings (SSSR count). The summed E-state index contributed by atoms with van der Waals surface area (Å²) in [7, 11) is -0.800. The number of hydrogen-bond acceptors (Lipinski definition) is 6. The van der Waals surface area contributed by atoms with Gasteiger partial charge in [0.1, 0.15) is 11.5 Å². The minimum atomic E-state index is -3.63. The van der Waals surface area contributed by atoms with Crippen molar-refractivity contribution in [3.63, 3.8) is 0 Å². The van der Waals surface area contributed by atoms with Crippen molar-refractivity contribution >= 4 is 27.6 Å². The molecule has 8 nitrogen and oxygen atoms in total. The molecule has 0 heterocycles. The monoisotopic (exact) mass is 454 g/mol. The number of nitrogens with one attached hydrogen (secondary N) is 1. The number of para-hydroxylation sites is 1. The third-order valence-corrected chi connectivity index (χ3v) is 6.11. The highest BCUT2D eigenvalue weighted by atomic mass is 32.2. The van der Waals surface area contributed by atoms with Gasteiger partial charge >= 0.3 is 5.97 Å². The van der Waals surface area contributed by atoms with Crippen LogP contribution in [0.1, 0.15) is 10.4 Å². The summed E-state index contributed by atoms with van der Waals surface area (Å²) >= 11 is 0. The first-order valence-corrected chi connectivity index (χ1v) is 11.0. The van der Waals surface area contributed by atoms with E-state index in [4.69, 9.17) is 9.47 Å². The van der Waals surface area contributed by atoms with Gasteiger partial charge in [0.2, 0.25) is 10.0 Å². The summed E-state index contributed by atoms with van der Waals surface area (Å²) in [6, 6.07) is 21.3. The molecular weight excluding hydrogens is 432 g/mol. The normalized spacial score (nSPS) is 11.1. The molecule has 1 N–H and O–H groups in total. The number of nitrogens with zero attached hydrogens (tertiary/aromatic N) is 1. The van der Waals surface area contributed by atoms with E-state index in [0.29, 0.717) is 11.5 Å². The zero-order chi connectivity index (χ0) is 23.1. The van der Waals surface area contributed by atoms with Gasteiger partial charge in [-0.2, -0.15) is 0 Å². The molecule has 32 heavy (non-hydrogen) atoms. The van der Waals surface area contributed by atoms with Gasteiger partial charge in [-0.3, -0.25) is 4.79 Å². The first-order chi connectivity index (χ1) is 15.3. The number of rotatable bonds is 8. The fraction of sp³-hybridized carbons (Fsp3) is 0.130. The van der Waals surface area contributed by atoms with Crippen LogP contribution < -0.4 is 10.1 Å². The SMILES string of the molecule is CN(C)S(=O)(=O)c1cccc(NC(=O)COC(=O)c2ccc(Oc3ccccc3)cc2)c1. The zero-order valence-corrected chi connectivity index (χ0v) is 18.3. The Hall–Kier alpha value is -3.69. The molecule has 3 aromatic carbocycles. The van der Waals surface area contributed by atoms with Gasteiger partial charge in [0.05, 0.1) is 10.5 Å². The number of carbonyl (C=O) groups is 2. The highest BCUT2D eigenvalue weighted by Crippen LogP contribution is 2.21. The molecule has 0 saturated heterocycles. The van der Waals surface area contributed by atoms with E-state index in [1.807, 2.05) is 30.3 Å².